The largest absolute Gasteiger partial charge is 0.394 e. The summed E-state index contributed by atoms with van der Waals surface area (Å²) in [6.45, 7) is 8.21. The first-order valence-electron chi connectivity index (χ1n) is 5.70. The summed E-state index contributed by atoms with van der Waals surface area (Å²) in [5.41, 5.74) is 7.69. The van der Waals surface area contributed by atoms with Crippen molar-refractivity contribution >= 4 is 11.5 Å². The van der Waals surface area contributed by atoms with Crippen molar-refractivity contribution in [1.29, 1.82) is 0 Å². The second-order valence-electron chi connectivity index (χ2n) is 4.52. The Morgan fingerprint density at radius 2 is 2.27 bits per heavy atom. The first-order chi connectivity index (χ1) is 7.13. The van der Waals surface area contributed by atoms with Crippen LogP contribution < -0.4 is 11.1 Å². The number of rotatable bonds is 4. The molecular weight excluding hydrogens is 188 g/mol. The van der Waals surface area contributed by atoms with Gasteiger partial charge in [-0.1, -0.05) is 6.92 Å². The third-order valence-corrected chi connectivity index (χ3v) is 3.28. The van der Waals surface area contributed by atoms with Crippen LogP contribution in [0.25, 0.3) is 0 Å². The van der Waals surface area contributed by atoms with E-state index in [1.165, 1.54) is 6.42 Å². The molecule has 1 aromatic heterocycles. The van der Waals surface area contributed by atoms with Crippen molar-refractivity contribution < 1.29 is 0 Å². The molecule has 0 aromatic carbocycles. The van der Waals surface area contributed by atoms with Crippen LogP contribution >= 0.6 is 0 Å². The molecule has 15 heavy (non-hydrogen) atoms. The van der Waals surface area contributed by atoms with E-state index < -0.39 is 0 Å². The molecule has 2 rings (SSSR count). The number of aromatic nitrogens is 2. The van der Waals surface area contributed by atoms with Gasteiger partial charge in [-0.2, -0.15) is 5.10 Å². The van der Waals surface area contributed by atoms with E-state index in [2.05, 4.69) is 24.3 Å². The van der Waals surface area contributed by atoms with Gasteiger partial charge in [0.25, 0.3) is 0 Å². The van der Waals surface area contributed by atoms with E-state index in [0.29, 0.717) is 0 Å². The Bertz CT molecular complexity index is 356. The molecule has 0 amide bonds. The van der Waals surface area contributed by atoms with E-state index in [1.807, 2.05) is 11.6 Å². The predicted molar refractivity (Wildman–Crippen MR) is 62.8 cm³/mol. The SMILES string of the molecule is CCn1nc(C)c(N)c1NCC1CC1C. The molecule has 0 spiro atoms. The minimum Gasteiger partial charge on any atom is -0.394 e. The zero-order valence-corrected chi connectivity index (χ0v) is 9.75. The fourth-order valence-corrected chi connectivity index (χ4v) is 1.92. The van der Waals surface area contributed by atoms with Gasteiger partial charge in [0.1, 0.15) is 5.82 Å². The Kier molecular flexibility index (Phi) is 2.59. The van der Waals surface area contributed by atoms with Crippen molar-refractivity contribution in [3.63, 3.8) is 0 Å². The average molecular weight is 208 g/mol. The second kappa shape index (κ2) is 3.76. The number of nitrogens with one attached hydrogen (secondary N) is 1. The monoisotopic (exact) mass is 208 g/mol. The first kappa shape index (κ1) is 10.3. The third kappa shape index (κ3) is 1.94. The molecule has 1 aromatic rings. The van der Waals surface area contributed by atoms with E-state index in [-0.39, 0.29) is 0 Å². The molecule has 1 saturated carbocycles. The lowest BCUT2D eigenvalue weighted by molar-refractivity contribution is 0.653. The van der Waals surface area contributed by atoms with Crippen molar-refractivity contribution in [2.75, 3.05) is 17.6 Å². The van der Waals surface area contributed by atoms with Gasteiger partial charge in [-0.15, -0.1) is 0 Å². The number of anilines is 2. The standard InChI is InChI=1S/C11H20N4/c1-4-15-11(10(12)8(3)14-15)13-6-9-5-7(9)2/h7,9,13H,4-6,12H2,1-3H3. The van der Waals surface area contributed by atoms with Gasteiger partial charge in [-0.05, 0) is 32.1 Å². The summed E-state index contributed by atoms with van der Waals surface area (Å²) in [7, 11) is 0. The van der Waals surface area contributed by atoms with Gasteiger partial charge >= 0.3 is 0 Å². The highest BCUT2D eigenvalue weighted by atomic mass is 15.3. The summed E-state index contributed by atoms with van der Waals surface area (Å²) < 4.78 is 1.94. The maximum atomic E-state index is 5.97. The van der Waals surface area contributed by atoms with Crippen molar-refractivity contribution in [2.45, 2.75) is 33.7 Å². The maximum Gasteiger partial charge on any atom is 0.148 e. The van der Waals surface area contributed by atoms with E-state index in [1.54, 1.807) is 0 Å². The third-order valence-electron chi connectivity index (χ3n) is 3.28. The lowest BCUT2D eigenvalue weighted by Crippen LogP contribution is -2.11. The van der Waals surface area contributed by atoms with Crippen molar-refractivity contribution in [3.05, 3.63) is 5.69 Å². The van der Waals surface area contributed by atoms with Crippen LogP contribution in [0.15, 0.2) is 0 Å². The Labute approximate surface area is 90.8 Å². The molecule has 0 saturated heterocycles. The van der Waals surface area contributed by atoms with Crippen LogP contribution in [0, 0.1) is 18.8 Å². The molecule has 2 unspecified atom stereocenters. The summed E-state index contributed by atoms with van der Waals surface area (Å²) in [5, 5.41) is 7.80. The van der Waals surface area contributed by atoms with Crippen LogP contribution in [0.3, 0.4) is 0 Å². The fraction of sp³-hybridized carbons (Fsp3) is 0.727. The molecular formula is C11H20N4. The molecule has 1 heterocycles. The molecule has 4 heteroatoms. The molecule has 1 fully saturated rings. The zero-order valence-electron chi connectivity index (χ0n) is 9.75. The normalized spacial score (nSPS) is 24.2. The molecule has 84 valence electrons. The number of aryl methyl sites for hydroxylation is 2. The molecule has 4 nitrogen and oxygen atoms in total. The Balaban J connectivity index is 2.05. The lowest BCUT2D eigenvalue weighted by Gasteiger charge is -2.08. The Hall–Kier alpha value is -1.19. The summed E-state index contributed by atoms with van der Waals surface area (Å²) in [6.07, 6.45) is 1.34. The zero-order chi connectivity index (χ0) is 11.0. The molecule has 1 aliphatic rings. The van der Waals surface area contributed by atoms with Gasteiger partial charge in [-0.3, -0.25) is 0 Å². The highest BCUT2D eigenvalue weighted by Crippen LogP contribution is 2.38. The highest BCUT2D eigenvalue weighted by molar-refractivity contribution is 5.64. The van der Waals surface area contributed by atoms with Gasteiger partial charge in [0.2, 0.25) is 0 Å². The van der Waals surface area contributed by atoms with Crippen LogP contribution in [0.4, 0.5) is 11.5 Å². The van der Waals surface area contributed by atoms with Crippen molar-refractivity contribution in [3.8, 4) is 0 Å². The number of hydrogen-bond acceptors (Lipinski definition) is 3. The van der Waals surface area contributed by atoms with Crippen LogP contribution in [-0.4, -0.2) is 16.3 Å². The lowest BCUT2D eigenvalue weighted by atomic mass is 10.3. The quantitative estimate of drug-likeness (QED) is 0.794. The van der Waals surface area contributed by atoms with Crippen LogP contribution in [0.2, 0.25) is 0 Å². The van der Waals surface area contributed by atoms with Gasteiger partial charge < -0.3 is 11.1 Å². The van der Waals surface area contributed by atoms with E-state index >= 15 is 0 Å². The van der Waals surface area contributed by atoms with Gasteiger partial charge in [0.05, 0.1) is 11.4 Å². The number of nitrogens with zero attached hydrogens (tertiary/aromatic N) is 2. The molecule has 0 radical (unpaired) electrons. The Morgan fingerprint density at radius 1 is 1.60 bits per heavy atom. The van der Waals surface area contributed by atoms with Crippen LogP contribution in [0.1, 0.15) is 26.0 Å². The second-order valence-corrected chi connectivity index (χ2v) is 4.52. The fourth-order valence-electron chi connectivity index (χ4n) is 1.92. The summed E-state index contributed by atoms with van der Waals surface area (Å²) in [6, 6.07) is 0. The number of nitrogens with two attached hydrogens (primary N) is 1. The van der Waals surface area contributed by atoms with E-state index in [0.717, 1.165) is 42.1 Å². The smallest absolute Gasteiger partial charge is 0.148 e. The van der Waals surface area contributed by atoms with Crippen molar-refractivity contribution in [1.82, 2.24) is 9.78 Å². The van der Waals surface area contributed by atoms with Gasteiger partial charge in [0.15, 0.2) is 0 Å². The van der Waals surface area contributed by atoms with E-state index in [4.69, 9.17) is 5.73 Å². The maximum absolute atomic E-state index is 5.97. The van der Waals surface area contributed by atoms with Crippen molar-refractivity contribution in [2.24, 2.45) is 11.8 Å². The molecule has 0 aliphatic heterocycles. The summed E-state index contributed by atoms with van der Waals surface area (Å²) in [4.78, 5) is 0. The molecule has 1 aliphatic carbocycles. The predicted octanol–water partition coefficient (Wildman–Crippen LogP) is 1.86. The summed E-state index contributed by atoms with van der Waals surface area (Å²) in [5.74, 6) is 2.69. The Morgan fingerprint density at radius 3 is 2.80 bits per heavy atom. The number of hydrogen-bond donors (Lipinski definition) is 2. The molecule has 2 atom stereocenters. The minimum atomic E-state index is 0.796. The van der Waals surface area contributed by atoms with Crippen LogP contribution in [0.5, 0.6) is 0 Å². The first-order valence-corrected chi connectivity index (χ1v) is 5.70. The van der Waals surface area contributed by atoms with Crippen LogP contribution in [-0.2, 0) is 6.54 Å². The number of nitrogen functional groups attached to an aromatic ring is 1. The van der Waals surface area contributed by atoms with E-state index in [9.17, 15) is 0 Å². The molecule has 3 N–H and O–H groups in total. The average Bonchev–Trinajstić information content (AvgIpc) is 2.84. The van der Waals surface area contributed by atoms with Gasteiger partial charge in [-0.25, -0.2) is 4.68 Å². The topological polar surface area (TPSA) is 55.9 Å². The minimum absolute atomic E-state index is 0.796. The van der Waals surface area contributed by atoms with Gasteiger partial charge in [0, 0.05) is 13.1 Å². The highest BCUT2D eigenvalue weighted by Gasteiger charge is 2.32. The molecule has 0 bridgehead atoms. The summed E-state index contributed by atoms with van der Waals surface area (Å²) >= 11 is 0.